The summed E-state index contributed by atoms with van der Waals surface area (Å²) in [6.45, 7) is 3.12. The summed E-state index contributed by atoms with van der Waals surface area (Å²) in [7, 11) is 1.76. The smallest absolute Gasteiger partial charge is 0.422 e. The largest absolute Gasteiger partial charge is 0.468 e. The average Bonchev–Trinajstić information content (AvgIpc) is 3.09. The molecule has 8 nitrogen and oxygen atoms in total. The summed E-state index contributed by atoms with van der Waals surface area (Å²) < 4.78 is 43.1. The first-order valence-electron chi connectivity index (χ1n) is 8.97. The van der Waals surface area contributed by atoms with Gasteiger partial charge in [0.05, 0.1) is 19.3 Å². The van der Waals surface area contributed by atoms with Crippen LogP contribution in [0.3, 0.4) is 0 Å². The van der Waals surface area contributed by atoms with Crippen LogP contribution in [0.15, 0.2) is 35.7 Å². The van der Waals surface area contributed by atoms with E-state index in [2.05, 4.69) is 30.4 Å². The molecule has 0 radical (unpaired) electrons. The lowest BCUT2D eigenvalue weighted by Gasteiger charge is -2.23. The summed E-state index contributed by atoms with van der Waals surface area (Å²) >= 11 is 0. The number of nitrogens with one attached hydrogen (secondary N) is 2. The minimum absolute atomic E-state index is 0.118. The molecule has 2 rings (SSSR count). The molecule has 0 amide bonds. The van der Waals surface area contributed by atoms with Gasteiger partial charge < -0.3 is 20.5 Å². The zero-order valence-corrected chi connectivity index (χ0v) is 16.5. The van der Waals surface area contributed by atoms with E-state index in [1.165, 1.54) is 12.3 Å². The lowest BCUT2D eigenvalue weighted by molar-refractivity contribution is -0.154. The van der Waals surface area contributed by atoms with E-state index >= 15 is 0 Å². The topological polar surface area (TPSA) is 96.6 Å². The lowest BCUT2D eigenvalue weighted by atomic mass is 10.00. The van der Waals surface area contributed by atoms with Crippen LogP contribution < -0.4 is 15.4 Å². The van der Waals surface area contributed by atoms with Crippen molar-refractivity contribution in [2.75, 3.05) is 19.7 Å². The number of ether oxygens (including phenoxy) is 1. The Hall–Kier alpha value is -2.82. The first kappa shape index (κ1) is 22.5. The quantitative estimate of drug-likeness (QED) is 0.450. The summed E-state index contributed by atoms with van der Waals surface area (Å²) in [6.07, 6.45) is 0.254. The zero-order chi connectivity index (χ0) is 21.5. The second kappa shape index (κ2) is 9.59. The van der Waals surface area contributed by atoms with E-state index in [9.17, 15) is 18.3 Å². The third-order valence-corrected chi connectivity index (χ3v) is 3.87. The highest BCUT2D eigenvalue weighted by Crippen LogP contribution is 2.19. The van der Waals surface area contributed by atoms with Crippen LogP contribution in [0.1, 0.15) is 25.0 Å². The summed E-state index contributed by atoms with van der Waals surface area (Å²) in [5.74, 6) is 0.332. The monoisotopic (exact) mass is 414 g/mol. The van der Waals surface area contributed by atoms with E-state index in [0.717, 1.165) is 0 Å². The van der Waals surface area contributed by atoms with Gasteiger partial charge in [0, 0.05) is 37.6 Å². The second-order valence-corrected chi connectivity index (χ2v) is 6.63. The van der Waals surface area contributed by atoms with Crippen molar-refractivity contribution in [2.24, 2.45) is 12.0 Å². The number of aliphatic hydroxyl groups is 1. The molecule has 3 N–H and O–H groups in total. The summed E-state index contributed by atoms with van der Waals surface area (Å²) in [5.41, 5.74) is 0.122. The minimum Gasteiger partial charge on any atom is -0.468 e. The number of pyridine rings is 1. The first-order chi connectivity index (χ1) is 13.6. The van der Waals surface area contributed by atoms with Gasteiger partial charge in [0.2, 0.25) is 5.88 Å². The molecule has 0 aliphatic rings. The molecule has 0 aliphatic carbocycles. The van der Waals surface area contributed by atoms with Crippen molar-refractivity contribution in [1.29, 1.82) is 0 Å². The fraction of sp³-hybridized carbons (Fsp3) is 0.500. The molecule has 2 aromatic heterocycles. The van der Waals surface area contributed by atoms with E-state index < -0.39 is 18.4 Å². The number of aromatic nitrogens is 3. The number of guanidine groups is 1. The van der Waals surface area contributed by atoms with Crippen LogP contribution in [-0.4, -0.2) is 51.7 Å². The van der Waals surface area contributed by atoms with Crippen LogP contribution in [0, 0.1) is 0 Å². The number of hydrogen-bond donors (Lipinski definition) is 3. The van der Waals surface area contributed by atoms with E-state index in [0.29, 0.717) is 23.6 Å². The van der Waals surface area contributed by atoms with Crippen LogP contribution in [0.4, 0.5) is 13.2 Å². The Morgan fingerprint density at radius 3 is 2.72 bits per heavy atom. The fourth-order valence-corrected chi connectivity index (χ4v) is 2.35. The molecule has 1 atom stereocenters. The van der Waals surface area contributed by atoms with E-state index in [1.54, 1.807) is 37.1 Å². The van der Waals surface area contributed by atoms with Crippen LogP contribution in [0.25, 0.3) is 0 Å². The number of aliphatic imine (C=N–C) groups is 1. The molecule has 0 aliphatic heterocycles. The molecule has 2 aromatic rings. The molecule has 0 saturated carbocycles. The normalized spacial score (nSPS) is 14.4. The minimum atomic E-state index is -4.43. The molecular formula is C18H25F3N6O2. The Kier molecular flexibility index (Phi) is 7.43. The predicted octanol–water partition coefficient (Wildman–Crippen LogP) is 1.72. The highest BCUT2D eigenvalue weighted by atomic mass is 19.4. The molecule has 0 saturated heterocycles. The number of alkyl halides is 3. The lowest BCUT2D eigenvalue weighted by Crippen LogP contribution is -2.44. The van der Waals surface area contributed by atoms with Gasteiger partial charge in [0.15, 0.2) is 12.6 Å². The Labute approximate surface area is 166 Å². The maximum absolute atomic E-state index is 12.3. The van der Waals surface area contributed by atoms with Crippen molar-refractivity contribution in [2.45, 2.75) is 32.2 Å². The average molecular weight is 414 g/mol. The molecule has 29 heavy (non-hydrogen) atoms. The molecule has 0 fully saturated rings. The summed E-state index contributed by atoms with van der Waals surface area (Å²) in [4.78, 5) is 8.16. The number of rotatable bonds is 8. The van der Waals surface area contributed by atoms with Gasteiger partial charge in [-0.2, -0.15) is 18.3 Å². The molecule has 2 heterocycles. The number of halogens is 3. The molecule has 160 valence electrons. The van der Waals surface area contributed by atoms with Crippen molar-refractivity contribution < 1.29 is 23.0 Å². The van der Waals surface area contributed by atoms with Crippen molar-refractivity contribution in [3.05, 3.63) is 41.9 Å². The molecule has 0 spiro atoms. The molecule has 0 aromatic carbocycles. The Morgan fingerprint density at radius 2 is 2.10 bits per heavy atom. The van der Waals surface area contributed by atoms with Crippen LogP contribution in [0.5, 0.6) is 5.88 Å². The van der Waals surface area contributed by atoms with Crippen molar-refractivity contribution in [3.8, 4) is 5.88 Å². The molecule has 11 heteroatoms. The fourth-order valence-electron chi connectivity index (χ4n) is 2.35. The van der Waals surface area contributed by atoms with Gasteiger partial charge in [-0.15, -0.1) is 0 Å². The zero-order valence-electron chi connectivity index (χ0n) is 16.5. The number of hydrogen-bond acceptors (Lipinski definition) is 5. The van der Waals surface area contributed by atoms with Gasteiger partial charge in [0.1, 0.15) is 5.60 Å². The Bertz CT molecular complexity index is 820. The van der Waals surface area contributed by atoms with Gasteiger partial charge in [-0.25, -0.2) is 9.98 Å². The van der Waals surface area contributed by atoms with Crippen LogP contribution in [0.2, 0.25) is 0 Å². The maximum atomic E-state index is 12.3. The Morgan fingerprint density at radius 1 is 1.34 bits per heavy atom. The van der Waals surface area contributed by atoms with Gasteiger partial charge >= 0.3 is 6.18 Å². The molecular weight excluding hydrogens is 389 g/mol. The molecule has 0 bridgehead atoms. The van der Waals surface area contributed by atoms with Gasteiger partial charge in [-0.05, 0) is 25.5 Å². The van der Waals surface area contributed by atoms with Crippen LogP contribution in [-0.2, 0) is 19.2 Å². The van der Waals surface area contributed by atoms with Gasteiger partial charge in [-0.3, -0.25) is 4.68 Å². The SMILES string of the molecule is CCNC(=NCc1ccnc(OCC(F)(F)F)c1)NCC(C)(O)c1cnn(C)c1. The third kappa shape index (κ3) is 7.60. The number of nitrogens with zero attached hydrogens (tertiary/aromatic N) is 4. The van der Waals surface area contributed by atoms with E-state index in [4.69, 9.17) is 0 Å². The summed E-state index contributed by atoms with van der Waals surface area (Å²) in [6, 6.07) is 3.05. The predicted molar refractivity (Wildman–Crippen MR) is 101 cm³/mol. The van der Waals surface area contributed by atoms with Gasteiger partial charge in [0.25, 0.3) is 0 Å². The van der Waals surface area contributed by atoms with Crippen molar-refractivity contribution >= 4 is 5.96 Å². The van der Waals surface area contributed by atoms with Crippen molar-refractivity contribution in [3.63, 3.8) is 0 Å². The standard InChI is InChI=1S/C18H25F3N6O2/c1-4-22-16(25-11-17(2,28)14-9-26-27(3)10-14)24-8-13-5-6-23-15(7-13)29-12-18(19,20)21/h5-7,9-10,28H,4,8,11-12H2,1-3H3,(H2,22,24,25). The Balaban J connectivity index is 2.00. The second-order valence-electron chi connectivity index (χ2n) is 6.63. The number of aryl methyl sites for hydroxylation is 1. The van der Waals surface area contributed by atoms with E-state index in [1.807, 2.05) is 6.92 Å². The maximum Gasteiger partial charge on any atom is 0.422 e. The highest BCUT2D eigenvalue weighted by molar-refractivity contribution is 5.79. The van der Waals surface area contributed by atoms with Crippen LogP contribution >= 0.6 is 0 Å². The summed E-state index contributed by atoms with van der Waals surface area (Å²) in [5, 5.41) is 20.8. The molecule has 1 unspecified atom stereocenters. The van der Waals surface area contributed by atoms with E-state index in [-0.39, 0.29) is 19.0 Å². The third-order valence-electron chi connectivity index (χ3n) is 3.87. The first-order valence-corrected chi connectivity index (χ1v) is 8.97. The van der Waals surface area contributed by atoms with Crippen molar-refractivity contribution in [1.82, 2.24) is 25.4 Å². The highest BCUT2D eigenvalue weighted by Gasteiger charge is 2.28. The van der Waals surface area contributed by atoms with Gasteiger partial charge in [-0.1, -0.05) is 0 Å².